The fourth-order valence-corrected chi connectivity index (χ4v) is 13.1. The average Bonchev–Trinajstić information content (AvgIpc) is 3.48. The molecule has 1 atom stereocenters. The highest BCUT2D eigenvalue weighted by molar-refractivity contribution is 7.16. The van der Waals surface area contributed by atoms with Crippen LogP contribution >= 0.6 is 0 Å². The third-order valence-electron chi connectivity index (χ3n) is 11.8. The molecule has 4 rings (SSSR count). The van der Waals surface area contributed by atoms with Crippen LogP contribution in [0.2, 0.25) is 0 Å². The first kappa shape index (κ1) is 42.1. The van der Waals surface area contributed by atoms with Crippen LogP contribution in [0.3, 0.4) is 0 Å². The smallest absolute Gasteiger partial charge is 0.0801 e. The van der Waals surface area contributed by atoms with Gasteiger partial charge in [0, 0.05) is 0 Å². The number of allylic oxidation sites excluding steroid dienone is 4. The number of hydrogen-bond donors (Lipinski definition) is 0. The molecule has 1 unspecified atom stereocenters. The molecular formula is C51H76Si. The highest BCUT2D eigenvalue weighted by atomic mass is 28.3. The Kier molecular flexibility index (Phi) is 11.2. The molecule has 1 heteroatoms. The predicted octanol–water partition coefficient (Wildman–Crippen LogP) is 12.8. The van der Waals surface area contributed by atoms with Crippen molar-refractivity contribution in [3.63, 3.8) is 0 Å². The van der Waals surface area contributed by atoms with Crippen LogP contribution in [-0.2, 0) is 32.5 Å². The molecule has 0 saturated carbocycles. The van der Waals surface area contributed by atoms with Crippen LogP contribution in [0.25, 0.3) is 0 Å². The Morgan fingerprint density at radius 3 is 0.885 bits per heavy atom. The lowest BCUT2D eigenvalue weighted by Gasteiger charge is -2.42. The molecule has 0 fully saturated rings. The van der Waals surface area contributed by atoms with Gasteiger partial charge >= 0.3 is 0 Å². The molecule has 3 aromatic rings. The summed E-state index contributed by atoms with van der Waals surface area (Å²) in [5.74, 6) is 0.481. The second-order valence-corrected chi connectivity index (χ2v) is 26.2. The molecule has 52 heavy (non-hydrogen) atoms. The Balaban J connectivity index is 2.49. The maximum atomic E-state index is 2.66. The summed E-state index contributed by atoms with van der Waals surface area (Å²) < 4.78 is 0. The lowest BCUT2D eigenvalue weighted by molar-refractivity contribution is 0.569. The van der Waals surface area contributed by atoms with Crippen molar-refractivity contribution < 1.29 is 0 Å². The molecule has 0 aliphatic heterocycles. The van der Waals surface area contributed by atoms with Crippen molar-refractivity contribution >= 4 is 23.6 Å². The van der Waals surface area contributed by atoms with Crippen LogP contribution in [0, 0.1) is 5.92 Å². The van der Waals surface area contributed by atoms with Gasteiger partial charge in [0.05, 0.1) is 0 Å². The third-order valence-corrected chi connectivity index (χ3v) is 16.6. The van der Waals surface area contributed by atoms with Crippen LogP contribution in [-0.4, -0.2) is 8.07 Å². The molecule has 1 aliphatic rings. The second kappa shape index (κ2) is 13.9. The van der Waals surface area contributed by atoms with Crippen molar-refractivity contribution in [2.45, 2.75) is 184 Å². The van der Waals surface area contributed by atoms with E-state index >= 15 is 0 Å². The molecular weight excluding hydrogens is 641 g/mol. The van der Waals surface area contributed by atoms with Crippen LogP contribution in [0.15, 0.2) is 77.5 Å². The van der Waals surface area contributed by atoms with Crippen molar-refractivity contribution in [2.24, 2.45) is 5.92 Å². The first-order valence-electron chi connectivity index (χ1n) is 20.3. The standard InChI is InChI=1S/C51H76Si/c1-21-34(2)44-23-22-24-45(44)52(41-28-35(46(3,4)5)25-36(29-41)47(6,7)8,42-30-37(48(9,10)11)26-38(31-42)49(12,13)14)43-32-39(50(15,16)17)27-40(33-43)51(18,19)20/h23-34H,21-22H2,1-20H3. The van der Waals surface area contributed by atoms with Crippen molar-refractivity contribution in [2.75, 3.05) is 0 Å². The van der Waals surface area contributed by atoms with Gasteiger partial charge in [-0.05, 0) is 111 Å². The highest BCUT2D eigenvalue weighted by Crippen LogP contribution is 2.40. The predicted molar refractivity (Wildman–Crippen MR) is 236 cm³/mol. The van der Waals surface area contributed by atoms with E-state index in [1.54, 1.807) is 10.8 Å². The van der Waals surface area contributed by atoms with E-state index in [1.165, 1.54) is 48.9 Å². The summed E-state index contributed by atoms with van der Waals surface area (Å²) in [6, 6.07) is 23.5. The zero-order valence-electron chi connectivity index (χ0n) is 37.3. The summed E-state index contributed by atoms with van der Waals surface area (Å²) in [7, 11) is -3.00. The minimum absolute atomic E-state index is 0.00322. The number of benzene rings is 3. The van der Waals surface area contributed by atoms with Crippen LogP contribution in [0.1, 0.15) is 185 Å². The molecule has 1 aliphatic carbocycles. The van der Waals surface area contributed by atoms with E-state index in [1.807, 2.05) is 0 Å². The first-order chi connectivity index (χ1) is 23.4. The van der Waals surface area contributed by atoms with Crippen molar-refractivity contribution in [1.82, 2.24) is 0 Å². The molecule has 284 valence electrons. The van der Waals surface area contributed by atoms with E-state index in [0.717, 1.165) is 12.8 Å². The van der Waals surface area contributed by atoms with E-state index in [9.17, 15) is 0 Å². The van der Waals surface area contributed by atoms with E-state index < -0.39 is 8.07 Å². The van der Waals surface area contributed by atoms with Gasteiger partial charge in [0.15, 0.2) is 8.07 Å². The number of rotatable bonds is 6. The van der Waals surface area contributed by atoms with Crippen molar-refractivity contribution in [3.8, 4) is 0 Å². The Morgan fingerprint density at radius 1 is 0.423 bits per heavy atom. The maximum absolute atomic E-state index is 3.00. The molecule has 0 saturated heterocycles. The van der Waals surface area contributed by atoms with E-state index in [-0.39, 0.29) is 32.5 Å². The topological polar surface area (TPSA) is 0 Å². The first-order valence-corrected chi connectivity index (χ1v) is 22.3. The summed E-state index contributed by atoms with van der Waals surface area (Å²) in [5.41, 5.74) is 10.2. The van der Waals surface area contributed by atoms with E-state index in [0.29, 0.717) is 5.92 Å². The molecule has 0 radical (unpaired) electrons. The molecule has 0 amide bonds. The zero-order chi connectivity index (χ0) is 39.6. The normalized spacial score (nSPS) is 15.8. The monoisotopic (exact) mass is 717 g/mol. The van der Waals surface area contributed by atoms with Gasteiger partial charge in [0.1, 0.15) is 0 Å². The van der Waals surface area contributed by atoms with Gasteiger partial charge in [-0.15, -0.1) is 0 Å². The third kappa shape index (κ3) is 8.51. The van der Waals surface area contributed by atoms with Gasteiger partial charge < -0.3 is 0 Å². The van der Waals surface area contributed by atoms with Crippen LogP contribution in [0.5, 0.6) is 0 Å². The molecule has 0 aromatic heterocycles. The highest BCUT2D eigenvalue weighted by Gasteiger charge is 2.48. The van der Waals surface area contributed by atoms with Crippen LogP contribution in [0.4, 0.5) is 0 Å². The molecule has 0 nitrogen and oxygen atoms in total. The van der Waals surface area contributed by atoms with Gasteiger partial charge in [0.25, 0.3) is 0 Å². The Hall–Kier alpha value is -2.64. The Bertz CT molecular complexity index is 1550. The summed E-state index contributed by atoms with van der Waals surface area (Å²) in [4.78, 5) is 0. The lowest BCUT2D eigenvalue weighted by Crippen LogP contribution is -2.69. The lowest BCUT2D eigenvalue weighted by atomic mass is 9.80. The van der Waals surface area contributed by atoms with Gasteiger partial charge in [-0.2, -0.15) is 0 Å². The number of hydrogen-bond acceptors (Lipinski definition) is 0. The van der Waals surface area contributed by atoms with E-state index in [4.69, 9.17) is 0 Å². The Labute approximate surface area is 323 Å². The SMILES string of the molecule is CCC(C)C1=CCC=C1[Si](c1cc(C(C)(C)C)cc(C(C)(C)C)c1)(c1cc(C(C)(C)C)cc(C(C)(C)C)c1)c1cc(C(C)(C)C)cc(C(C)(C)C)c1. The maximum Gasteiger partial charge on any atom is 0.179 e. The zero-order valence-corrected chi connectivity index (χ0v) is 38.3. The molecule has 0 spiro atoms. The van der Waals surface area contributed by atoms with E-state index in [2.05, 4.69) is 205 Å². The largest absolute Gasteiger partial charge is 0.179 e. The summed E-state index contributed by atoms with van der Waals surface area (Å²) in [6.45, 7) is 48.0. The summed E-state index contributed by atoms with van der Waals surface area (Å²) in [5, 5.41) is 6.21. The summed E-state index contributed by atoms with van der Waals surface area (Å²) in [6.07, 6.45) is 7.38. The second-order valence-electron chi connectivity index (χ2n) is 22.5. The quantitative estimate of drug-likeness (QED) is 0.176. The summed E-state index contributed by atoms with van der Waals surface area (Å²) >= 11 is 0. The van der Waals surface area contributed by atoms with Gasteiger partial charge in [-0.25, -0.2) is 0 Å². The van der Waals surface area contributed by atoms with Gasteiger partial charge in [-0.1, -0.05) is 205 Å². The molecule has 0 bridgehead atoms. The minimum Gasteiger partial charge on any atom is -0.0801 e. The van der Waals surface area contributed by atoms with Gasteiger partial charge in [0.2, 0.25) is 0 Å². The molecule has 0 N–H and O–H groups in total. The van der Waals surface area contributed by atoms with Crippen molar-refractivity contribution in [1.29, 1.82) is 0 Å². The minimum atomic E-state index is -3.00. The van der Waals surface area contributed by atoms with Gasteiger partial charge in [-0.3, -0.25) is 0 Å². The Morgan fingerprint density at radius 2 is 0.673 bits per heavy atom. The van der Waals surface area contributed by atoms with Crippen molar-refractivity contribution in [3.05, 3.63) is 111 Å². The molecule has 0 heterocycles. The average molecular weight is 717 g/mol. The fraction of sp³-hybridized carbons (Fsp3) is 0.569. The van der Waals surface area contributed by atoms with Crippen LogP contribution < -0.4 is 15.6 Å². The molecule has 3 aromatic carbocycles. The fourth-order valence-electron chi connectivity index (χ4n) is 7.68.